The predicted molar refractivity (Wildman–Crippen MR) is 85.1 cm³/mol. The van der Waals surface area contributed by atoms with E-state index in [-0.39, 0.29) is 0 Å². The van der Waals surface area contributed by atoms with Crippen LogP contribution >= 0.6 is 0 Å². The van der Waals surface area contributed by atoms with Crippen LogP contribution in [0.4, 0.5) is 0 Å². The number of rotatable bonds is 3. The summed E-state index contributed by atoms with van der Waals surface area (Å²) in [6.07, 6.45) is 2.65. The number of benzene rings is 1. The van der Waals surface area contributed by atoms with Crippen molar-refractivity contribution in [2.24, 2.45) is 5.92 Å². The van der Waals surface area contributed by atoms with Crippen molar-refractivity contribution < 1.29 is 4.79 Å². The Hall–Kier alpha value is -1.19. The summed E-state index contributed by atoms with van der Waals surface area (Å²) in [5, 5.41) is 0. The normalized spacial score (nSPS) is 28.7. The minimum absolute atomic E-state index is 0.457. The van der Waals surface area contributed by atoms with Gasteiger partial charge in [-0.2, -0.15) is 0 Å². The summed E-state index contributed by atoms with van der Waals surface area (Å²) >= 11 is 0. The lowest BCUT2D eigenvalue weighted by Gasteiger charge is -2.27. The van der Waals surface area contributed by atoms with Crippen LogP contribution in [0.3, 0.4) is 0 Å². The second-order valence-corrected chi connectivity index (χ2v) is 6.76. The van der Waals surface area contributed by atoms with Crippen molar-refractivity contribution in [2.45, 2.75) is 38.8 Å². The molecule has 2 aliphatic rings. The van der Waals surface area contributed by atoms with Gasteiger partial charge < -0.3 is 0 Å². The summed E-state index contributed by atoms with van der Waals surface area (Å²) in [5.41, 5.74) is 1.40. The van der Waals surface area contributed by atoms with Gasteiger partial charge in [0.1, 0.15) is 5.78 Å². The molecule has 1 saturated heterocycles. The molecule has 21 heavy (non-hydrogen) atoms. The Bertz CT molecular complexity index is 473. The molecule has 114 valence electrons. The molecular formula is C18H26N2O. The molecule has 3 heteroatoms. The molecule has 0 bridgehead atoms. The Morgan fingerprint density at radius 1 is 1.14 bits per heavy atom. The molecule has 2 fully saturated rings. The summed E-state index contributed by atoms with van der Waals surface area (Å²) < 4.78 is 0. The SMILES string of the molecule is CC1CN(Cc2ccccc2)CCN(C2CCC(=O)C2)C1. The molecule has 1 aromatic rings. The lowest BCUT2D eigenvalue weighted by molar-refractivity contribution is -0.117. The minimum Gasteiger partial charge on any atom is -0.300 e. The second kappa shape index (κ2) is 6.71. The van der Waals surface area contributed by atoms with E-state index >= 15 is 0 Å². The highest BCUT2D eigenvalue weighted by molar-refractivity contribution is 5.81. The first-order valence-corrected chi connectivity index (χ1v) is 8.23. The van der Waals surface area contributed by atoms with Crippen molar-refractivity contribution in [3.63, 3.8) is 0 Å². The topological polar surface area (TPSA) is 23.6 Å². The van der Waals surface area contributed by atoms with Gasteiger partial charge in [0.05, 0.1) is 0 Å². The fraction of sp³-hybridized carbons (Fsp3) is 0.611. The smallest absolute Gasteiger partial charge is 0.134 e. The third kappa shape index (κ3) is 3.92. The standard InChI is InChI=1S/C18H26N2O/c1-15-12-19(14-16-5-3-2-4-6-16)9-10-20(13-15)17-7-8-18(21)11-17/h2-6,15,17H,7-14H2,1H3. The van der Waals surface area contributed by atoms with Crippen molar-refractivity contribution in [3.05, 3.63) is 35.9 Å². The van der Waals surface area contributed by atoms with Gasteiger partial charge in [0.2, 0.25) is 0 Å². The van der Waals surface area contributed by atoms with Crippen LogP contribution < -0.4 is 0 Å². The van der Waals surface area contributed by atoms with Crippen LogP contribution in [0.1, 0.15) is 31.7 Å². The maximum Gasteiger partial charge on any atom is 0.134 e. The van der Waals surface area contributed by atoms with Gasteiger partial charge in [-0.3, -0.25) is 14.6 Å². The van der Waals surface area contributed by atoms with E-state index in [1.165, 1.54) is 5.56 Å². The highest BCUT2D eigenvalue weighted by Gasteiger charge is 2.30. The van der Waals surface area contributed by atoms with Crippen LogP contribution in [0.25, 0.3) is 0 Å². The van der Waals surface area contributed by atoms with Crippen molar-refractivity contribution in [3.8, 4) is 0 Å². The van der Waals surface area contributed by atoms with Gasteiger partial charge in [-0.15, -0.1) is 0 Å². The number of hydrogen-bond donors (Lipinski definition) is 0. The molecule has 1 aromatic carbocycles. The largest absolute Gasteiger partial charge is 0.300 e. The van der Waals surface area contributed by atoms with Gasteiger partial charge in [-0.25, -0.2) is 0 Å². The molecule has 0 radical (unpaired) electrons. The molecule has 1 aliphatic heterocycles. The van der Waals surface area contributed by atoms with Crippen LogP contribution in [0.5, 0.6) is 0 Å². The summed E-state index contributed by atoms with van der Waals surface area (Å²) in [7, 11) is 0. The van der Waals surface area contributed by atoms with Crippen LogP contribution in [0, 0.1) is 5.92 Å². The van der Waals surface area contributed by atoms with E-state index in [1.54, 1.807) is 0 Å². The number of carbonyl (C=O) groups excluding carboxylic acids is 1. The van der Waals surface area contributed by atoms with Crippen molar-refractivity contribution >= 4 is 5.78 Å². The number of Topliss-reactive ketones (excluding diaryl/α,β-unsaturated/α-hetero) is 1. The minimum atomic E-state index is 0.457. The fourth-order valence-corrected chi connectivity index (χ4v) is 3.77. The zero-order chi connectivity index (χ0) is 14.7. The summed E-state index contributed by atoms with van der Waals surface area (Å²) in [5.74, 6) is 1.13. The maximum absolute atomic E-state index is 11.5. The van der Waals surface area contributed by atoms with E-state index in [2.05, 4.69) is 47.1 Å². The van der Waals surface area contributed by atoms with E-state index in [0.29, 0.717) is 17.7 Å². The third-order valence-corrected chi connectivity index (χ3v) is 4.80. The Labute approximate surface area is 127 Å². The molecule has 0 spiro atoms. The molecular weight excluding hydrogens is 260 g/mol. The van der Waals surface area contributed by atoms with Gasteiger partial charge in [0, 0.05) is 51.6 Å². The van der Waals surface area contributed by atoms with Crippen molar-refractivity contribution in [1.29, 1.82) is 0 Å². The van der Waals surface area contributed by atoms with E-state index in [1.807, 2.05) is 0 Å². The molecule has 2 atom stereocenters. The number of hydrogen-bond acceptors (Lipinski definition) is 3. The van der Waals surface area contributed by atoms with E-state index in [4.69, 9.17) is 0 Å². The molecule has 1 heterocycles. The van der Waals surface area contributed by atoms with E-state index in [9.17, 15) is 4.79 Å². The van der Waals surface area contributed by atoms with E-state index in [0.717, 1.165) is 52.0 Å². The number of ketones is 1. The number of carbonyl (C=O) groups is 1. The molecule has 2 unspecified atom stereocenters. The van der Waals surface area contributed by atoms with E-state index < -0.39 is 0 Å². The molecule has 1 aliphatic carbocycles. The van der Waals surface area contributed by atoms with Crippen LogP contribution in [-0.4, -0.2) is 47.8 Å². The Kier molecular flexibility index (Phi) is 4.71. The highest BCUT2D eigenvalue weighted by atomic mass is 16.1. The highest BCUT2D eigenvalue weighted by Crippen LogP contribution is 2.23. The fourth-order valence-electron chi connectivity index (χ4n) is 3.77. The molecule has 1 saturated carbocycles. The van der Waals surface area contributed by atoms with Crippen molar-refractivity contribution in [1.82, 2.24) is 9.80 Å². The molecule has 3 nitrogen and oxygen atoms in total. The molecule has 0 N–H and O–H groups in total. The molecule has 0 amide bonds. The Morgan fingerprint density at radius 3 is 2.67 bits per heavy atom. The average molecular weight is 286 g/mol. The van der Waals surface area contributed by atoms with Gasteiger partial charge in [-0.1, -0.05) is 37.3 Å². The van der Waals surface area contributed by atoms with Crippen LogP contribution in [0.15, 0.2) is 30.3 Å². The number of nitrogens with zero attached hydrogens (tertiary/aromatic N) is 2. The lowest BCUT2D eigenvalue weighted by atomic mass is 10.1. The first kappa shape index (κ1) is 14.7. The maximum atomic E-state index is 11.5. The third-order valence-electron chi connectivity index (χ3n) is 4.80. The van der Waals surface area contributed by atoms with Crippen molar-refractivity contribution in [2.75, 3.05) is 26.2 Å². The van der Waals surface area contributed by atoms with Crippen LogP contribution in [-0.2, 0) is 11.3 Å². The van der Waals surface area contributed by atoms with Gasteiger partial charge in [-0.05, 0) is 17.9 Å². The average Bonchev–Trinajstić information content (AvgIpc) is 2.82. The zero-order valence-electron chi connectivity index (χ0n) is 13.0. The second-order valence-electron chi connectivity index (χ2n) is 6.76. The van der Waals surface area contributed by atoms with Gasteiger partial charge in [0.25, 0.3) is 0 Å². The zero-order valence-corrected chi connectivity index (χ0v) is 13.0. The monoisotopic (exact) mass is 286 g/mol. The quantitative estimate of drug-likeness (QED) is 0.853. The molecule has 3 rings (SSSR count). The molecule has 0 aromatic heterocycles. The Balaban J connectivity index is 1.59. The summed E-state index contributed by atoms with van der Waals surface area (Å²) in [4.78, 5) is 16.7. The summed E-state index contributed by atoms with van der Waals surface area (Å²) in [6.45, 7) is 7.91. The Morgan fingerprint density at radius 2 is 1.95 bits per heavy atom. The first-order chi connectivity index (χ1) is 10.2. The van der Waals surface area contributed by atoms with Gasteiger partial charge in [0.15, 0.2) is 0 Å². The lowest BCUT2D eigenvalue weighted by Crippen LogP contribution is -2.37. The van der Waals surface area contributed by atoms with Crippen LogP contribution in [0.2, 0.25) is 0 Å². The summed E-state index contributed by atoms with van der Waals surface area (Å²) in [6, 6.07) is 11.2. The predicted octanol–water partition coefficient (Wildman–Crippen LogP) is 2.56. The first-order valence-electron chi connectivity index (χ1n) is 8.23. The van der Waals surface area contributed by atoms with Gasteiger partial charge >= 0.3 is 0 Å².